The normalized spacial score (nSPS) is 11.3. The summed E-state index contributed by atoms with van der Waals surface area (Å²) in [6.07, 6.45) is 1.17. The van der Waals surface area contributed by atoms with E-state index in [1.54, 1.807) is 0 Å². The summed E-state index contributed by atoms with van der Waals surface area (Å²) in [6.45, 7) is 8.48. The fraction of sp³-hybridized carbons (Fsp3) is 0.600. The van der Waals surface area contributed by atoms with Crippen molar-refractivity contribution in [2.24, 2.45) is 0 Å². The molecular weight excluding hydrogens is 195 g/mol. The summed E-state index contributed by atoms with van der Waals surface area (Å²) in [5.41, 5.74) is -0.224. The van der Waals surface area contributed by atoms with Crippen molar-refractivity contribution in [2.45, 2.75) is 33.2 Å². The van der Waals surface area contributed by atoms with E-state index in [1.807, 2.05) is 27.7 Å². The predicted octanol–water partition coefficient (Wildman–Crippen LogP) is 2.26. The molecule has 0 bridgehead atoms. The molecule has 15 heavy (non-hydrogen) atoms. The first-order valence-corrected chi connectivity index (χ1v) is 4.97. The molecule has 0 amide bonds. The minimum atomic E-state index is -0.438. The van der Waals surface area contributed by atoms with Gasteiger partial charge in [0.15, 0.2) is 11.6 Å². The fourth-order valence-corrected chi connectivity index (χ4v) is 1.05. The van der Waals surface area contributed by atoms with E-state index in [1.165, 1.54) is 6.20 Å². The Morgan fingerprint density at radius 1 is 1.40 bits per heavy atom. The quantitative estimate of drug-likeness (QED) is 0.807. The Kier molecular flexibility index (Phi) is 3.44. The first-order valence-electron chi connectivity index (χ1n) is 4.97. The van der Waals surface area contributed by atoms with Gasteiger partial charge < -0.3 is 10.6 Å². The van der Waals surface area contributed by atoms with Gasteiger partial charge in [0.2, 0.25) is 5.95 Å². The first-order chi connectivity index (χ1) is 6.92. The Labute approximate surface area is 89.3 Å². The molecule has 84 valence electrons. The molecule has 0 saturated heterocycles. The Morgan fingerprint density at radius 3 is 2.60 bits per heavy atom. The van der Waals surface area contributed by atoms with E-state index in [4.69, 9.17) is 0 Å². The molecule has 1 aromatic rings. The minimum Gasteiger partial charge on any atom is -0.363 e. The maximum atomic E-state index is 13.3. The van der Waals surface area contributed by atoms with E-state index < -0.39 is 5.82 Å². The van der Waals surface area contributed by atoms with E-state index in [0.29, 0.717) is 12.5 Å². The molecule has 2 N–H and O–H groups in total. The Balaban J connectivity index is 2.90. The van der Waals surface area contributed by atoms with E-state index in [2.05, 4.69) is 20.6 Å². The van der Waals surface area contributed by atoms with Gasteiger partial charge in [0.1, 0.15) is 0 Å². The molecule has 0 saturated carbocycles. The summed E-state index contributed by atoms with van der Waals surface area (Å²) < 4.78 is 13.3. The molecule has 4 nitrogen and oxygen atoms in total. The highest BCUT2D eigenvalue weighted by Crippen LogP contribution is 2.16. The second kappa shape index (κ2) is 4.42. The third kappa shape index (κ3) is 3.69. The molecule has 1 aromatic heterocycles. The number of nitrogens with one attached hydrogen (secondary N) is 2. The first kappa shape index (κ1) is 11.7. The van der Waals surface area contributed by atoms with Crippen LogP contribution in [-0.4, -0.2) is 22.1 Å². The van der Waals surface area contributed by atoms with Crippen molar-refractivity contribution >= 4 is 11.8 Å². The highest BCUT2D eigenvalue weighted by atomic mass is 19.1. The molecule has 0 fully saturated rings. The highest BCUT2D eigenvalue weighted by Gasteiger charge is 2.14. The number of rotatable bonds is 3. The number of nitrogens with zero attached hydrogens (tertiary/aromatic N) is 2. The number of hydrogen-bond acceptors (Lipinski definition) is 4. The molecular formula is C10H17FN4. The molecule has 5 heteroatoms. The van der Waals surface area contributed by atoms with Crippen molar-refractivity contribution in [3.63, 3.8) is 0 Å². The monoisotopic (exact) mass is 212 g/mol. The Morgan fingerprint density at radius 2 is 2.07 bits per heavy atom. The van der Waals surface area contributed by atoms with Crippen LogP contribution in [0.4, 0.5) is 16.2 Å². The molecule has 0 atom stereocenters. The molecule has 0 radical (unpaired) electrons. The number of anilines is 2. The van der Waals surface area contributed by atoms with Crippen molar-refractivity contribution in [3.05, 3.63) is 12.0 Å². The molecule has 0 aliphatic carbocycles. The fourth-order valence-electron chi connectivity index (χ4n) is 1.05. The third-order valence-electron chi connectivity index (χ3n) is 1.57. The van der Waals surface area contributed by atoms with E-state index in [9.17, 15) is 4.39 Å². The third-order valence-corrected chi connectivity index (χ3v) is 1.57. The van der Waals surface area contributed by atoms with Gasteiger partial charge in [-0.15, -0.1) is 0 Å². The van der Waals surface area contributed by atoms with Gasteiger partial charge in [-0.25, -0.2) is 9.37 Å². The molecule has 1 heterocycles. The van der Waals surface area contributed by atoms with Crippen molar-refractivity contribution in [3.8, 4) is 0 Å². The van der Waals surface area contributed by atoms with Crippen molar-refractivity contribution < 1.29 is 4.39 Å². The Bertz CT molecular complexity index is 333. The van der Waals surface area contributed by atoms with Crippen molar-refractivity contribution in [1.29, 1.82) is 0 Å². The summed E-state index contributed by atoms with van der Waals surface area (Å²) >= 11 is 0. The lowest BCUT2D eigenvalue weighted by Crippen LogP contribution is -2.27. The highest BCUT2D eigenvalue weighted by molar-refractivity contribution is 5.42. The van der Waals surface area contributed by atoms with Gasteiger partial charge in [-0.05, 0) is 27.7 Å². The average molecular weight is 212 g/mol. The number of hydrogen-bond donors (Lipinski definition) is 2. The summed E-state index contributed by atoms with van der Waals surface area (Å²) in [5, 5.41) is 5.91. The summed E-state index contributed by atoms with van der Waals surface area (Å²) in [7, 11) is 0. The number of aromatic nitrogens is 2. The number of halogens is 1. The lowest BCUT2D eigenvalue weighted by Gasteiger charge is -2.21. The van der Waals surface area contributed by atoms with Crippen LogP contribution >= 0.6 is 0 Å². The van der Waals surface area contributed by atoms with Crippen LogP contribution < -0.4 is 10.6 Å². The minimum absolute atomic E-state index is 0.224. The summed E-state index contributed by atoms with van der Waals surface area (Å²) in [6, 6.07) is 0. The predicted molar refractivity (Wildman–Crippen MR) is 59.5 cm³/mol. The van der Waals surface area contributed by atoms with Gasteiger partial charge in [0.05, 0.1) is 6.20 Å². The molecule has 0 aromatic carbocycles. The molecule has 0 aliphatic heterocycles. The van der Waals surface area contributed by atoms with E-state index in [-0.39, 0.29) is 11.4 Å². The van der Waals surface area contributed by atoms with Crippen LogP contribution in [0.5, 0.6) is 0 Å². The van der Waals surface area contributed by atoms with Crippen LogP contribution in [0.15, 0.2) is 6.20 Å². The van der Waals surface area contributed by atoms with Crippen LogP contribution in [0, 0.1) is 5.82 Å². The van der Waals surface area contributed by atoms with Crippen LogP contribution in [0.25, 0.3) is 0 Å². The van der Waals surface area contributed by atoms with Gasteiger partial charge in [0, 0.05) is 12.1 Å². The SMILES string of the molecule is CCNc1ncc(F)c(NC(C)(C)C)n1. The molecule has 0 unspecified atom stereocenters. The van der Waals surface area contributed by atoms with E-state index in [0.717, 1.165) is 0 Å². The largest absolute Gasteiger partial charge is 0.363 e. The van der Waals surface area contributed by atoms with E-state index >= 15 is 0 Å². The van der Waals surface area contributed by atoms with Gasteiger partial charge in [-0.3, -0.25) is 0 Å². The topological polar surface area (TPSA) is 49.8 Å². The molecule has 0 spiro atoms. The second-order valence-electron chi connectivity index (χ2n) is 4.30. The van der Waals surface area contributed by atoms with Gasteiger partial charge in [-0.1, -0.05) is 0 Å². The standard InChI is InChI=1S/C10H17FN4/c1-5-12-9-13-6-7(11)8(14-9)15-10(2,3)4/h6H,5H2,1-4H3,(H2,12,13,14,15). The lowest BCUT2D eigenvalue weighted by molar-refractivity contribution is 0.586. The van der Waals surface area contributed by atoms with Crippen LogP contribution in [0.3, 0.4) is 0 Å². The summed E-state index contributed by atoms with van der Waals surface area (Å²) in [5.74, 6) is 0.227. The maximum absolute atomic E-state index is 13.3. The smallest absolute Gasteiger partial charge is 0.224 e. The molecule has 0 aliphatic rings. The van der Waals surface area contributed by atoms with Crippen LogP contribution in [-0.2, 0) is 0 Å². The zero-order valence-electron chi connectivity index (χ0n) is 9.56. The van der Waals surface area contributed by atoms with Crippen molar-refractivity contribution in [1.82, 2.24) is 9.97 Å². The zero-order chi connectivity index (χ0) is 11.5. The van der Waals surface area contributed by atoms with Gasteiger partial charge >= 0.3 is 0 Å². The van der Waals surface area contributed by atoms with Crippen molar-refractivity contribution in [2.75, 3.05) is 17.2 Å². The zero-order valence-corrected chi connectivity index (χ0v) is 9.56. The summed E-state index contributed by atoms with van der Waals surface area (Å²) in [4.78, 5) is 7.86. The average Bonchev–Trinajstić information content (AvgIpc) is 2.09. The van der Waals surface area contributed by atoms with Gasteiger partial charge in [-0.2, -0.15) is 4.98 Å². The lowest BCUT2D eigenvalue weighted by atomic mass is 10.1. The van der Waals surface area contributed by atoms with Gasteiger partial charge in [0.25, 0.3) is 0 Å². The van der Waals surface area contributed by atoms with Crippen LogP contribution in [0.1, 0.15) is 27.7 Å². The van der Waals surface area contributed by atoms with Crippen LogP contribution in [0.2, 0.25) is 0 Å². The molecule has 1 rings (SSSR count). The second-order valence-corrected chi connectivity index (χ2v) is 4.30. The maximum Gasteiger partial charge on any atom is 0.224 e. The Hall–Kier alpha value is -1.39.